The average Bonchev–Trinajstić information content (AvgIpc) is 2.29. The molecule has 0 saturated heterocycles. The molecule has 1 aromatic carbocycles. The zero-order valence-corrected chi connectivity index (χ0v) is 10.7. The van der Waals surface area contributed by atoms with Gasteiger partial charge in [-0.2, -0.15) is 12.6 Å². The monoisotopic (exact) mass is 268 g/mol. The lowest BCUT2D eigenvalue weighted by molar-refractivity contribution is -0.142. The number of carboxylic acids is 2. The summed E-state index contributed by atoms with van der Waals surface area (Å²) in [5.41, 5.74) is 0.999. The summed E-state index contributed by atoms with van der Waals surface area (Å²) >= 11 is 4.30. The summed E-state index contributed by atoms with van der Waals surface area (Å²) in [6.45, 7) is 0. The first-order valence-corrected chi connectivity index (χ1v) is 6.19. The second-order valence-electron chi connectivity index (χ2n) is 4.13. The van der Waals surface area contributed by atoms with Gasteiger partial charge in [0, 0.05) is 11.7 Å². The standard InChI is InChI=1S/C13H16O4S/c14-12(15)7-6-10(13(16)17)11(18)8-9-4-2-1-3-5-9/h1-5,10-11,18H,6-8H2,(H,14,15)(H,16,17). The van der Waals surface area contributed by atoms with Crippen LogP contribution in [-0.2, 0) is 16.0 Å². The summed E-state index contributed by atoms with van der Waals surface area (Å²) in [7, 11) is 0. The summed E-state index contributed by atoms with van der Waals surface area (Å²) in [6.07, 6.45) is 0.467. The first kappa shape index (κ1) is 14.6. The highest BCUT2D eigenvalue weighted by Crippen LogP contribution is 2.21. The maximum atomic E-state index is 11.1. The van der Waals surface area contributed by atoms with Gasteiger partial charge >= 0.3 is 11.9 Å². The maximum absolute atomic E-state index is 11.1. The first-order chi connectivity index (χ1) is 8.50. The summed E-state index contributed by atoms with van der Waals surface area (Å²) in [4.78, 5) is 21.6. The number of thiol groups is 1. The van der Waals surface area contributed by atoms with Gasteiger partial charge in [0.25, 0.3) is 0 Å². The molecule has 0 aliphatic carbocycles. The van der Waals surface area contributed by atoms with E-state index in [1.54, 1.807) is 0 Å². The van der Waals surface area contributed by atoms with Crippen molar-refractivity contribution in [1.82, 2.24) is 0 Å². The van der Waals surface area contributed by atoms with Gasteiger partial charge in [0.2, 0.25) is 0 Å². The quantitative estimate of drug-likeness (QED) is 0.662. The van der Waals surface area contributed by atoms with E-state index in [0.29, 0.717) is 6.42 Å². The molecule has 1 rings (SSSR count). The van der Waals surface area contributed by atoms with Crippen molar-refractivity contribution in [2.75, 3.05) is 0 Å². The van der Waals surface area contributed by atoms with Crippen molar-refractivity contribution in [3.8, 4) is 0 Å². The molecule has 5 heteroatoms. The minimum Gasteiger partial charge on any atom is -0.481 e. The van der Waals surface area contributed by atoms with E-state index in [4.69, 9.17) is 10.2 Å². The Labute approximate surface area is 111 Å². The van der Waals surface area contributed by atoms with Crippen molar-refractivity contribution >= 4 is 24.6 Å². The van der Waals surface area contributed by atoms with Crippen LogP contribution in [-0.4, -0.2) is 27.4 Å². The molecular weight excluding hydrogens is 252 g/mol. The van der Waals surface area contributed by atoms with Crippen LogP contribution in [0.3, 0.4) is 0 Å². The topological polar surface area (TPSA) is 74.6 Å². The lowest BCUT2D eigenvalue weighted by Gasteiger charge is -2.18. The third kappa shape index (κ3) is 4.79. The molecule has 2 atom stereocenters. The van der Waals surface area contributed by atoms with Crippen LogP contribution >= 0.6 is 12.6 Å². The molecule has 98 valence electrons. The lowest BCUT2D eigenvalue weighted by atomic mass is 9.94. The first-order valence-electron chi connectivity index (χ1n) is 5.67. The summed E-state index contributed by atoms with van der Waals surface area (Å²) in [5, 5.41) is 17.3. The van der Waals surface area contributed by atoms with Crippen LogP contribution in [0.4, 0.5) is 0 Å². The molecule has 0 radical (unpaired) electrons. The molecule has 0 amide bonds. The van der Waals surface area contributed by atoms with E-state index in [-0.39, 0.29) is 18.1 Å². The molecule has 1 aromatic rings. The minimum absolute atomic E-state index is 0.103. The van der Waals surface area contributed by atoms with Gasteiger partial charge in [-0.3, -0.25) is 9.59 Å². The summed E-state index contributed by atoms with van der Waals surface area (Å²) < 4.78 is 0. The van der Waals surface area contributed by atoms with Crippen molar-refractivity contribution in [1.29, 1.82) is 0 Å². The van der Waals surface area contributed by atoms with Crippen molar-refractivity contribution in [3.05, 3.63) is 35.9 Å². The smallest absolute Gasteiger partial charge is 0.307 e. The minimum atomic E-state index is -0.993. The van der Waals surface area contributed by atoms with E-state index >= 15 is 0 Å². The largest absolute Gasteiger partial charge is 0.481 e. The predicted octanol–water partition coefficient (Wildman–Crippen LogP) is 2.09. The maximum Gasteiger partial charge on any atom is 0.307 e. The van der Waals surface area contributed by atoms with E-state index in [0.717, 1.165) is 5.56 Å². The van der Waals surface area contributed by atoms with E-state index in [1.165, 1.54) is 0 Å². The van der Waals surface area contributed by atoms with E-state index in [9.17, 15) is 9.59 Å². The molecular formula is C13H16O4S. The normalized spacial score (nSPS) is 13.8. The van der Waals surface area contributed by atoms with Crippen molar-refractivity contribution in [2.24, 2.45) is 5.92 Å². The third-order valence-electron chi connectivity index (χ3n) is 2.74. The number of rotatable bonds is 7. The Hall–Kier alpha value is -1.49. The van der Waals surface area contributed by atoms with E-state index < -0.39 is 17.9 Å². The van der Waals surface area contributed by atoms with Crippen LogP contribution in [0.25, 0.3) is 0 Å². The molecule has 4 nitrogen and oxygen atoms in total. The van der Waals surface area contributed by atoms with Crippen LogP contribution in [0.1, 0.15) is 18.4 Å². The Bertz CT molecular complexity index is 405. The van der Waals surface area contributed by atoms with Crippen molar-refractivity contribution in [3.63, 3.8) is 0 Å². The van der Waals surface area contributed by atoms with Crippen LogP contribution < -0.4 is 0 Å². The number of hydrogen-bond donors (Lipinski definition) is 3. The van der Waals surface area contributed by atoms with Gasteiger partial charge in [0.1, 0.15) is 0 Å². The number of hydrogen-bond acceptors (Lipinski definition) is 3. The molecule has 0 saturated carbocycles. The molecule has 0 bridgehead atoms. The van der Waals surface area contributed by atoms with E-state index in [1.807, 2.05) is 30.3 Å². The van der Waals surface area contributed by atoms with Crippen LogP contribution in [0.2, 0.25) is 0 Å². The molecule has 18 heavy (non-hydrogen) atoms. The summed E-state index contributed by atoms with van der Waals surface area (Å²) in [5.74, 6) is -2.72. The molecule has 0 aliphatic heterocycles. The van der Waals surface area contributed by atoms with Crippen LogP contribution in [0, 0.1) is 5.92 Å². The molecule has 0 aromatic heterocycles. The number of carbonyl (C=O) groups is 2. The van der Waals surface area contributed by atoms with E-state index in [2.05, 4.69) is 12.6 Å². The predicted molar refractivity (Wildman–Crippen MR) is 70.9 cm³/mol. The lowest BCUT2D eigenvalue weighted by Crippen LogP contribution is -2.26. The number of carboxylic acid groups (broad SMARTS) is 2. The van der Waals surface area contributed by atoms with Gasteiger partial charge in [-0.05, 0) is 18.4 Å². The SMILES string of the molecule is O=C(O)CCC(C(=O)O)C(S)Cc1ccccc1. The molecule has 0 spiro atoms. The van der Waals surface area contributed by atoms with Crippen LogP contribution in [0.15, 0.2) is 30.3 Å². The Morgan fingerprint density at radius 3 is 2.28 bits per heavy atom. The van der Waals surface area contributed by atoms with Gasteiger partial charge in [-0.1, -0.05) is 30.3 Å². The fourth-order valence-corrected chi connectivity index (χ4v) is 2.24. The molecule has 0 heterocycles. The highest BCUT2D eigenvalue weighted by molar-refractivity contribution is 7.81. The fraction of sp³-hybridized carbons (Fsp3) is 0.385. The Morgan fingerprint density at radius 2 is 1.78 bits per heavy atom. The highest BCUT2D eigenvalue weighted by Gasteiger charge is 2.26. The molecule has 2 unspecified atom stereocenters. The number of benzene rings is 1. The van der Waals surface area contributed by atoms with Crippen molar-refractivity contribution < 1.29 is 19.8 Å². The van der Waals surface area contributed by atoms with Crippen molar-refractivity contribution in [2.45, 2.75) is 24.5 Å². The van der Waals surface area contributed by atoms with Gasteiger partial charge in [0.05, 0.1) is 5.92 Å². The second kappa shape index (κ2) is 7.06. The number of aliphatic carboxylic acids is 2. The van der Waals surface area contributed by atoms with Crippen LogP contribution in [0.5, 0.6) is 0 Å². The molecule has 0 aliphatic rings. The zero-order chi connectivity index (χ0) is 13.5. The average molecular weight is 268 g/mol. The third-order valence-corrected chi connectivity index (χ3v) is 3.28. The van der Waals surface area contributed by atoms with Gasteiger partial charge in [-0.15, -0.1) is 0 Å². The second-order valence-corrected chi connectivity index (χ2v) is 4.80. The van der Waals surface area contributed by atoms with Gasteiger partial charge in [-0.25, -0.2) is 0 Å². The summed E-state index contributed by atoms with van der Waals surface area (Å²) in [6, 6.07) is 9.44. The Morgan fingerprint density at radius 1 is 1.17 bits per heavy atom. The Balaban J connectivity index is 2.62. The van der Waals surface area contributed by atoms with Gasteiger partial charge < -0.3 is 10.2 Å². The fourth-order valence-electron chi connectivity index (χ4n) is 1.76. The highest BCUT2D eigenvalue weighted by atomic mass is 32.1. The Kier molecular flexibility index (Phi) is 5.71. The van der Waals surface area contributed by atoms with Gasteiger partial charge in [0.15, 0.2) is 0 Å². The molecule has 0 fully saturated rings. The zero-order valence-electron chi connectivity index (χ0n) is 9.82. The molecule has 2 N–H and O–H groups in total.